The Hall–Kier alpha value is -5.10. The molecule has 0 saturated heterocycles. The molecule has 0 aromatic heterocycles. The van der Waals surface area contributed by atoms with Crippen LogP contribution in [0.2, 0.25) is 0 Å². The van der Waals surface area contributed by atoms with Crippen LogP contribution in [0.15, 0.2) is 36.4 Å². The molecule has 182 valence electrons. The van der Waals surface area contributed by atoms with Crippen LogP contribution in [0.4, 0.5) is 17.6 Å². The van der Waals surface area contributed by atoms with Crippen molar-refractivity contribution in [3.63, 3.8) is 0 Å². The maximum absolute atomic E-state index is 15.2. The average molecular weight is 500 g/mol. The molecular weight excluding hydrogens is 488 g/mol. The number of nitrogens with zero attached hydrogens (tertiary/aromatic N) is 2. The summed E-state index contributed by atoms with van der Waals surface area (Å²) in [6.45, 7) is 0. The summed E-state index contributed by atoms with van der Waals surface area (Å²) in [5.74, 6) is -11.3. The number of rotatable bonds is 6. The highest BCUT2D eigenvalue weighted by Crippen LogP contribution is 2.43. The molecular formula is C24H12F4N2O6. The molecule has 0 bridgehead atoms. The van der Waals surface area contributed by atoms with Gasteiger partial charge in [-0.15, -0.1) is 0 Å². The molecule has 8 nitrogen and oxygen atoms in total. The van der Waals surface area contributed by atoms with Gasteiger partial charge in [0.05, 0.1) is 25.3 Å². The lowest BCUT2D eigenvalue weighted by Gasteiger charge is -2.17. The van der Waals surface area contributed by atoms with E-state index in [9.17, 15) is 28.9 Å². The van der Waals surface area contributed by atoms with Crippen molar-refractivity contribution in [1.29, 1.82) is 10.5 Å². The standard InChI is InChI=1S/C24H12F4N2O6/c1-33-23(31)11-3-5-17(15(25)7-11)35-21-19(27)13(9-29)14(10-30)20(28)22(21)36-18-6-4-12(8-16(18)26)24(32)34-2/h3-8H,1-2H3. The van der Waals surface area contributed by atoms with E-state index in [0.29, 0.717) is 12.1 Å². The Morgan fingerprint density at radius 2 is 1.06 bits per heavy atom. The molecule has 12 heteroatoms. The van der Waals surface area contributed by atoms with Gasteiger partial charge in [0.1, 0.15) is 23.3 Å². The minimum absolute atomic E-state index is 0.226. The van der Waals surface area contributed by atoms with Gasteiger partial charge in [-0.2, -0.15) is 10.5 Å². The molecule has 0 unspecified atom stereocenters. The Morgan fingerprint density at radius 3 is 1.33 bits per heavy atom. The van der Waals surface area contributed by atoms with Crippen molar-refractivity contribution in [3.8, 4) is 35.1 Å². The third-order valence-corrected chi connectivity index (χ3v) is 4.65. The van der Waals surface area contributed by atoms with E-state index < -0.39 is 69.3 Å². The first-order valence-corrected chi connectivity index (χ1v) is 9.63. The SMILES string of the molecule is COC(=O)c1ccc(Oc2c(F)c(C#N)c(C#N)c(F)c2Oc2ccc(C(=O)OC)cc2F)c(F)c1. The van der Waals surface area contributed by atoms with Crippen molar-refractivity contribution < 1.29 is 46.1 Å². The Bertz CT molecular complexity index is 1370. The number of methoxy groups -OCH3 is 2. The van der Waals surface area contributed by atoms with Gasteiger partial charge in [0.15, 0.2) is 34.8 Å². The van der Waals surface area contributed by atoms with E-state index in [-0.39, 0.29) is 11.1 Å². The van der Waals surface area contributed by atoms with Gasteiger partial charge in [0, 0.05) is 0 Å². The lowest BCUT2D eigenvalue weighted by atomic mass is 10.1. The van der Waals surface area contributed by atoms with Gasteiger partial charge >= 0.3 is 11.9 Å². The number of hydrogen-bond acceptors (Lipinski definition) is 8. The molecule has 0 atom stereocenters. The number of ether oxygens (including phenoxy) is 4. The van der Waals surface area contributed by atoms with Gasteiger partial charge in [0.25, 0.3) is 0 Å². The molecule has 0 heterocycles. The van der Waals surface area contributed by atoms with Crippen LogP contribution in [0.3, 0.4) is 0 Å². The number of benzene rings is 3. The Balaban J connectivity index is 2.17. The summed E-state index contributed by atoms with van der Waals surface area (Å²) >= 11 is 0. The molecule has 0 aliphatic rings. The zero-order chi connectivity index (χ0) is 26.6. The molecule has 36 heavy (non-hydrogen) atoms. The third kappa shape index (κ3) is 4.74. The Kier molecular flexibility index (Phi) is 7.40. The molecule has 0 saturated carbocycles. The van der Waals surface area contributed by atoms with Gasteiger partial charge in [-0.1, -0.05) is 0 Å². The maximum atomic E-state index is 15.2. The van der Waals surface area contributed by atoms with Crippen LogP contribution in [0, 0.1) is 45.9 Å². The predicted molar refractivity (Wildman–Crippen MR) is 111 cm³/mol. The first kappa shape index (κ1) is 25.5. The highest BCUT2D eigenvalue weighted by Gasteiger charge is 2.30. The summed E-state index contributed by atoms with van der Waals surface area (Å²) in [6, 6.07) is 7.87. The number of halogens is 4. The van der Waals surface area contributed by atoms with E-state index in [0.717, 1.165) is 38.5 Å². The number of carbonyl (C=O) groups is 2. The van der Waals surface area contributed by atoms with Gasteiger partial charge < -0.3 is 18.9 Å². The van der Waals surface area contributed by atoms with Crippen molar-refractivity contribution >= 4 is 11.9 Å². The summed E-state index contributed by atoms with van der Waals surface area (Å²) in [4.78, 5) is 23.1. The van der Waals surface area contributed by atoms with Crippen molar-refractivity contribution in [2.45, 2.75) is 0 Å². The fraction of sp³-hybridized carbons (Fsp3) is 0.0833. The van der Waals surface area contributed by atoms with Gasteiger partial charge in [-0.05, 0) is 36.4 Å². The first-order chi connectivity index (χ1) is 17.2. The number of nitriles is 2. The molecule has 0 spiro atoms. The summed E-state index contributed by atoms with van der Waals surface area (Å²) < 4.78 is 78.6. The molecule has 0 aliphatic heterocycles. The zero-order valence-electron chi connectivity index (χ0n) is 18.3. The predicted octanol–water partition coefficient (Wildman–Crippen LogP) is 5.14. The topological polar surface area (TPSA) is 119 Å². The van der Waals surface area contributed by atoms with Crippen molar-refractivity contribution in [3.05, 3.63) is 81.9 Å². The molecule has 0 N–H and O–H groups in total. The number of carbonyl (C=O) groups excluding carboxylic acids is 2. The van der Waals surface area contributed by atoms with Crippen LogP contribution in [0.1, 0.15) is 31.8 Å². The summed E-state index contributed by atoms with van der Waals surface area (Å²) in [6.07, 6.45) is 0. The molecule has 3 rings (SSSR count). The molecule has 0 radical (unpaired) electrons. The van der Waals surface area contributed by atoms with Gasteiger partial charge in [-0.3, -0.25) is 0 Å². The average Bonchev–Trinajstić information content (AvgIpc) is 2.88. The minimum atomic E-state index is -1.60. The highest BCUT2D eigenvalue weighted by atomic mass is 19.1. The van der Waals surface area contributed by atoms with Crippen LogP contribution in [-0.4, -0.2) is 26.2 Å². The first-order valence-electron chi connectivity index (χ1n) is 9.63. The van der Waals surface area contributed by atoms with Crippen molar-refractivity contribution in [2.24, 2.45) is 0 Å². The van der Waals surface area contributed by atoms with Crippen LogP contribution in [0.5, 0.6) is 23.0 Å². The van der Waals surface area contributed by atoms with E-state index >= 15 is 8.78 Å². The van der Waals surface area contributed by atoms with E-state index in [1.54, 1.807) is 0 Å². The molecule has 3 aromatic rings. The largest absolute Gasteiger partial charge is 0.465 e. The second-order valence-corrected chi connectivity index (χ2v) is 6.74. The van der Waals surface area contributed by atoms with Crippen LogP contribution < -0.4 is 9.47 Å². The molecule has 0 amide bonds. The Labute approximate surface area is 200 Å². The molecule has 3 aromatic carbocycles. The second-order valence-electron chi connectivity index (χ2n) is 6.74. The van der Waals surface area contributed by atoms with E-state index in [4.69, 9.17) is 9.47 Å². The number of esters is 2. The van der Waals surface area contributed by atoms with Crippen LogP contribution in [0.25, 0.3) is 0 Å². The zero-order valence-corrected chi connectivity index (χ0v) is 18.3. The maximum Gasteiger partial charge on any atom is 0.337 e. The third-order valence-electron chi connectivity index (χ3n) is 4.65. The van der Waals surface area contributed by atoms with Crippen LogP contribution in [-0.2, 0) is 9.47 Å². The van der Waals surface area contributed by atoms with E-state index in [1.807, 2.05) is 0 Å². The number of hydrogen-bond donors (Lipinski definition) is 0. The Morgan fingerprint density at radius 1 is 0.694 bits per heavy atom. The van der Waals surface area contributed by atoms with E-state index in [2.05, 4.69) is 9.47 Å². The van der Waals surface area contributed by atoms with Crippen molar-refractivity contribution in [1.82, 2.24) is 0 Å². The molecule has 0 fully saturated rings. The second kappa shape index (κ2) is 10.4. The van der Waals surface area contributed by atoms with Gasteiger partial charge in [-0.25, -0.2) is 27.2 Å². The monoisotopic (exact) mass is 500 g/mol. The van der Waals surface area contributed by atoms with Gasteiger partial charge in [0.2, 0.25) is 11.5 Å². The normalized spacial score (nSPS) is 10.1. The fourth-order valence-electron chi connectivity index (χ4n) is 2.91. The van der Waals surface area contributed by atoms with E-state index in [1.165, 1.54) is 12.1 Å². The summed E-state index contributed by atoms with van der Waals surface area (Å²) in [5, 5.41) is 18.4. The fourth-order valence-corrected chi connectivity index (χ4v) is 2.91. The lowest BCUT2D eigenvalue weighted by molar-refractivity contribution is 0.0591. The smallest absolute Gasteiger partial charge is 0.337 e. The lowest BCUT2D eigenvalue weighted by Crippen LogP contribution is -2.06. The summed E-state index contributed by atoms with van der Waals surface area (Å²) in [5.41, 5.74) is -2.61. The highest BCUT2D eigenvalue weighted by molar-refractivity contribution is 5.90. The quantitative estimate of drug-likeness (QED) is 0.337. The summed E-state index contributed by atoms with van der Waals surface area (Å²) in [7, 11) is 2.12. The minimum Gasteiger partial charge on any atom is -0.465 e. The molecule has 0 aliphatic carbocycles. The van der Waals surface area contributed by atoms with Crippen molar-refractivity contribution in [2.75, 3.05) is 14.2 Å². The van der Waals surface area contributed by atoms with Crippen LogP contribution >= 0.6 is 0 Å².